The minimum atomic E-state index is -0.109. The molecule has 0 bridgehead atoms. The molecule has 0 aromatic carbocycles. The summed E-state index contributed by atoms with van der Waals surface area (Å²) < 4.78 is 0. The van der Waals surface area contributed by atoms with Crippen molar-refractivity contribution in [3.8, 4) is 0 Å². The quantitative estimate of drug-likeness (QED) is 0.634. The molecule has 1 aliphatic rings. The van der Waals surface area contributed by atoms with Gasteiger partial charge >= 0.3 is 0 Å². The van der Waals surface area contributed by atoms with Gasteiger partial charge in [-0.25, -0.2) is 0 Å². The van der Waals surface area contributed by atoms with E-state index in [4.69, 9.17) is 0 Å². The van der Waals surface area contributed by atoms with E-state index in [1.165, 1.54) is 12.8 Å². The van der Waals surface area contributed by atoms with Crippen LogP contribution in [0.4, 0.5) is 0 Å². The van der Waals surface area contributed by atoms with Crippen LogP contribution in [0.15, 0.2) is 0 Å². The molecule has 1 fully saturated rings. The Morgan fingerprint density at radius 1 is 1.35 bits per heavy atom. The fourth-order valence-electron chi connectivity index (χ4n) is 1.64. The highest BCUT2D eigenvalue weighted by atomic mass is 16.2. The Morgan fingerprint density at radius 3 is 2.59 bits per heavy atom. The molecule has 0 atom stereocenters. The Bertz CT molecular complexity index is 264. The summed E-state index contributed by atoms with van der Waals surface area (Å²) in [5.74, 6) is -0.0504. The second-order valence-corrected chi connectivity index (χ2v) is 4.47. The Hall–Kier alpha value is -1.10. The number of nitrogens with one attached hydrogen (secondary N) is 2. The van der Waals surface area contributed by atoms with E-state index < -0.39 is 0 Å². The van der Waals surface area contributed by atoms with Crippen LogP contribution < -0.4 is 10.6 Å². The Morgan fingerprint density at radius 2 is 2.06 bits per heavy atom. The summed E-state index contributed by atoms with van der Waals surface area (Å²) in [6, 6.07) is 0.626. The first-order valence-corrected chi connectivity index (χ1v) is 6.39. The minimum Gasteiger partial charge on any atom is -0.358 e. The number of hydrogen-bond acceptors (Lipinski definition) is 3. The van der Waals surface area contributed by atoms with Crippen molar-refractivity contribution in [3.63, 3.8) is 0 Å². The molecule has 0 unspecified atom stereocenters. The molecule has 98 valence electrons. The lowest BCUT2D eigenvalue weighted by Crippen LogP contribution is -2.41. The van der Waals surface area contributed by atoms with Gasteiger partial charge < -0.3 is 15.5 Å². The summed E-state index contributed by atoms with van der Waals surface area (Å²) in [5.41, 5.74) is 0. The number of carbonyl (C=O) groups excluding carboxylic acids is 2. The molecule has 2 N–H and O–H groups in total. The third-order valence-corrected chi connectivity index (χ3v) is 2.81. The van der Waals surface area contributed by atoms with Gasteiger partial charge in [0.2, 0.25) is 11.8 Å². The third-order valence-electron chi connectivity index (χ3n) is 2.81. The summed E-state index contributed by atoms with van der Waals surface area (Å²) >= 11 is 0. The highest BCUT2D eigenvalue weighted by molar-refractivity contribution is 5.84. The molecule has 0 saturated heterocycles. The summed E-state index contributed by atoms with van der Waals surface area (Å²) in [6.07, 6.45) is 3.81. The molecule has 17 heavy (non-hydrogen) atoms. The third kappa shape index (κ3) is 5.68. The highest BCUT2D eigenvalue weighted by Gasteiger charge is 2.21. The number of rotatable bonds is 8. The summed E-state index contributed by atoms with van der Waals surface area (Å²) in [5, 5.41) is 5.85. The van der Waals surface area contributed by atoms with Gasteiger partial charge in [-0.2, -0.15) is 0 Å². The van der Waals surface area contributed by atoms with Crippen molar-refractivity contribution >= 4 is 11.8 Å². The first kappa shape index (κ1) is 14.0. The van der Waals surface area contributed by atoms with E-state index in [9.17, 15) is 9.59 Å². The van der Waals surface area contributed by atoms with Crippen molar-refractivity contribution in [3.05, 3.63) is 0 Å². The first-order chi connectivity index (χ1) is 8.17. The van der Waals surface area contributed by atoms with Crippen LogP contribution in [0.1, 0.15) is 32.6 Å². The van der Waals surface area contributed by atoms with E-state index >= 15 is 0 Å². The minimum absolute atomic E-state index is 0.0589. The number of nitrogens with zero attached hydrogens (tertiary/aromatic N) is 1. The average molecular weight is 241 g/mol. The Balaban J connectivity index is 2.27. The maximum absolute atomic E-state index is 11.9. The van der Waals surface area contributed by atoms with E-state index in [1.807, 2.05) is 6.92 Å². The van der Waals surface area contributed by atoms with Gasteiger partial charge in [0.15, 0.2) is 0 Å². The second-order valence-electron chi connectivity index (χ2n) is 4.47. The van der Waals surface area contributed by atoms with Crippen LogP contribution in [0, 0.1) is 0 Å². The highest BCUT2D eigenvalue weighted by Crippen LogP contribution is 2.18. The SMILES string of the molecule is CCCN(CC(=O)NC)C(=O)CCNC1CC1. The number of hydrogen-bond donors (Lipinski definition) is 2. The van der Waals surface area contributed by atoms with Crippen LogP contribution in [-0.2, 0) is 9.59 Å². The molecular weight excluding hydrogens is 218 g/mol. The van der Waals surface area contributed by atoms with Crippen molar-refractivity contribution < 1.29 is 9.59 Å². The topological polar surface area (TPSA) is 61.4 Å². The number of carbonyl (C=O) groups is 2. The molecule has 1 rings (SSSR count). The molecule has 0 aromatic heterocycles. The lowest BCUT2D eigenvalue weighted by molar-refractivity contribution is -0.135. The molecule has 5 nitrogen and oxygen atoms in total. The number of amides is 2. The molecule has 0 radical (unpaired) electrons. The molecule has 0 heterocycles. The Labute approximate surface area is 103 Å². The molecular formula is C12H23N3O2. The average Bonchev–Trinajstić information content (AvgIpc) is 3.12. The summed E-state index contributed by atoms with van der Waals surface area (Å²) in [7, 11) is 1.59. The predicted molar refractivity (Wildman–Crippen MR) is 66.6 cm³/mol. The lowest BCUT2D eigenvalue weighted by Gasteiger charge is -2.21. The van der Waals surface area contributed by atoms with Crippen molar-refractivity contribution in [1.82, 2.24) is 15.5 Å². The molecule has 0 aliphatic heterocycles. The fraction of sp³-hybridized carbons (Fsp3) is 0.833. The van der Waals surface area contributed by atoms with E-state index in [1.54, 1.807) is 11.9 Å². The normalized spacial score (nSPS) is 14.5. The van der Waals surface area contributed by atoms with Crippen LogP contribution in [0.25, 0.3) is 0 Å². The van der Waals surface area contributed by atoms with Gasteiger partial charge in [0.05, 0.1) is 6.54 Å². The van der Waals surface area contributed by atoms with Crippen LogP contribution in [-0.4, -0.2) is 49.4 Å². The monoisotopic (exact) mass is 241 g/mol. The van der Waals surface area contributed by atoms with Crippen molar-refractivity contribution in [2.24, 2.45) is 0 Å². The van der Waals surface area contributed by atoms with Gasteiger partial charge in [-0.05, 0) is 19.3 Å². The lowest BCUT2D eigenvalue weighted by atomic mass is 10.3. The van der Waals surface area contributed by atoms with E-state index in [0.717, 1.165) is 13.0 Å². The zero-order valence-corrected chi connectivity index (χ0v) is 10.8. The van der Waals surface area contributed by atoms with Gasteiger partial charge in [0.1, 0.15) is 0 Å². The maximum Gasteiger partial charge on any atom is 0.239 e. The van der Waals surface area contributed by atoms with Crippen LogP contribution in [0.3, 0.4) is 0 Å². The van der Waals surface area contributed by atoms with Crippen molar-refractivity contribution in [2.75, 3.05) is 26.7 Å². The van der Waals surface area contributed by atoms with E-state index in [-0.39, 0.29) is 18.4 Å². The zero-order chi connectivity index (χ0) is 12.7. The van der Waals surface area contributed by atoms with Gasteiger partial charge in [0.25, 0.3) is 0 Å². The van der Waals surface area contributed by atoms with E-state index in [2.05, 4.69) is 10.6 Å². The molecule has 0 aromatic rings. The predicted octanol–water partition coefficient (Wildman–Crippen LogP) is 0.113. The molecule has 5 heteroatoms. The Kier molecular flexibility index (Phi) is 5.97. The maximum atomic E-state index is 11.9. The van der Waals surface area contributed by atoms with Crippen molar-refractivity contribution in [2.45, 2.75) is 38.6 Å². The van der Waals surface area contributed by atoms with Gasteiger partial charge in [-0.1, -0.05) is 6.92 Å². The summed E-state index contributed by atoms with van der Waals surface area (Å²) in [4.78, 5) is 24.8. The largest absolute Gasteiger partial charge is 0.358 e. The molecule has 2 amide bonds. The summed E-state index contributed by atoms with van der Waals surface area (Å²) in [6.45, 7) is 3.55. The van der Waals surface area contributed by atoms with Gasteiger partial charge in [-0.15, -0.1) is 0 Å². The van der Waals surface area contributed by atoms with Gasteiger partial charge in [0, 0.05) is 32.6 Å². The van der Waals surface area contributed by atoms with E-state index in [0.29, 0.717) is 19.0 Å². The smallest absolute Gasteiger partial charge is 0.239 e. The number of likely N-dealkylation sites (N-methyl/N-ethyl adjacent to an activating group) is 1. The zero-order valence-electron chi connectivity index (χ0n) is 10.8. The van der Waals surface area contributed by atoms with Gasteiger partial charge in [-0.3, -0.25) is 9.59 Å². The molecule has 1 saturated carbocycles. The molecule has 0 spiro atoms. The van der Waals surface area contributed by atoms with Crippen LogP contribution in [0.2, 0.25) is 0 Å². The first-order valence-electron chi connectivity index (χ1n) is 6.39. The fourth-order valence-corrected chi connectivity index (χ4v) is 1.64. The second kappa shape index (κ2) is 7.27. The van der Waals surface area contributed by atoms with Crippen molar-refractivity contribution in [1.29, 1.82) is 0 Å². The van der Waals surface area contributed by atoms with Crippen LogP contribution in [0.5, 0.6) is 0 Å². The standard InChI is InChI=1S/C12H23N3O2/c1-3-8-15(9-11(16)13-2)12(17)6-7-14-10-4-5-10/h10,14H,3-9H2,1-2H3,(H,13,16). The molecule has 1 aliphatic carbocycles. The van der Waals surface area contributed by atoms with Crippen LogP contribution >= 0.6 is 0 Å².